The van der Waals surface area contributed by atoms with Gasteiger partial charge in [-0.05, 0) is 25.0 Å². The number of nitro groups is 1. The van der Waals surface area contributed by atoms with Crippen LogP contribution in [0.2, 0.25) is 0 Å². The molecule has 1 aromatic rings. The van der Waals surface area contributed by atoms with Gasteiger partial charge in [-0.3, -0.25) is 10.1 Å². The second-order valence-corrected chi connectivity index (χ2v) is 5.12. The Balaban J connectivity index is 2.38. The van der Waals surface area contributed by atoms with Gasteiger partial charge >= 0.3 is 0 Å². The maximum atomic E-state index is 13.3. The Morgan fingerprint density at radius 3 is 2.80 bits per heavy atom. The van der Waals surface area contributed by atoms with Crippen LogP contribution in [0.3, 0.4) is 0 Å². The minimum absolute atomic E-state index is 0.153. The van der Waals surface area contributed by atoms with E-state index >= 15 is 0 Å². The molecule has 0 aromatic heterocycles. The summed E-state index contributed by atoms with van der Waals surface area (Å²) in [4.78, 5) is 12.7. The van der Waals surface area contributed by atoms with Crippen molar-refractivity contribution < 1.29 is 9.31 Å². The van der Waals surface area contributed by atoms with Crippen molar-refractivity contribution in [2.24, 2.45) is 0 Å². The Bertz CT molecular complexity index is 495. The summed E-state index contributed by atoms with van der Waals surface area (Å²) >= 11 is 0. The summed E-state index contributed by atoms with van der Waals surface area (Å²) < 4.78 is 13.3. The van der Waals surface area contributed by atoms with E-state index in [1.165, 1.54) is 12.1 Å². The highest BCUT2D eigenvalue weighted by Crippen LogP contribution is 2.32. The number of nitrogens with zero attached hydrogens (tertiary/aromatic N) is 2. The second-order valence-electron chi connectivity index (χ2n) is 5.12. The molecule has 2 rings (SSSR count). The molecule has 1 aliphatic heterocycles. The number of hydrogen-bond donors (Lipinski definition) is 1. The molecule has 6 heteroatoms. The molecule has 5 nitrogen and oxygen atoms in total. The van der Waals surface area contributed by atoms with E-state index in [1.54, 1.807) is 0 Å². The quantitative estimate of drug-likeness (QED) is 0.681. The van der Waals surface area contributed by atoms with Crippen molar-refractivity contribution in [2.75, 3.05) is 18.0 Å². The molecule has 2 unspecified atom stereocenters. The summed E-state index contributed by atoms with van der Waals surface area (Å²) in [7, 11) is 0. The third kappa shape index (κ3) is 2.90. The molecule has 1 fully saturated rings. The van der Waals surface area contributed by atoms with Crippen LogP contribution in [0.5, 0.6) is 0 Å². The molecule has 0 spiro atoms. The molecular weight excluding hydrogens is 261 g/mol. The van der Waals surface area contributed by atoms with E-state index in [0.29, 0.717) is 18.3 Å². The summed E-state index contributed by atoms with van der Waals surface area (Å²) in [5, 5.41) is 14.6. The van der Waals surface area contributed by atoms with Crippen LogP contribution in [0.4, 0.5) is 15.8 Å². The van der Waals surface area contributed by atoms with Crippen LogP contribution in [0, 0.1) is 15.9 Å². The lowest BCUT2D eigenvalue weighted by Crippen LogP contribution is -2.56. The van der Waals surface area contributed by atoms with Gasteiger partial charge in [0.1, 0.15) is 11.5 Å². The van der Waals surface area contributed by atoms with Crippen LogP contribution in [-0.2, 0) is 0 Å². The minimum Gasteiger partial charge on any atom is -0.360 e. The molecule has 1 aromatic carbocycles. The monoisotopic (exact) mass is 281 g/mol. The third-order valence-corrected chi connectivity index (χ3v) is 3.91. The van der Waals surface area contributed by atoms with Crippen molar-refractivity contribution in [1.29, 1.82) is 0 Å². The number of anilines is 1. The Morgan fingerprint density at radius 2 is 2.20 bits per heavy atom. The smallest absolute Gasteiger partial charge is 0.295 e. The SMILES string of the molecule is CCC1CN(c2ccc(F)cc2[N+](=O)[O-])C(CC)CN1. The topological polar surface area (TPSA) is 58.4 Å². The lowest BCUT2D eigenvalue weighted by Gasteiger charge is -2.41. The van der Waals surface area contributed by atoms with Crippen molar-refractivity contribution in [2.45, 2.75) is 38.8 Å². The van der Waals surface area contributed by atoms with E-state index in [1.807, 2.05) is 4.90 Å². The first-order valence-electron chi connectivity index (χ1n) is 7.00. The van der Waals surface area contributed by atoms with Gasteiger partial charge in [0, 0.05) is 25.2 Å². The van der Waals surface area contributed by atoms with Gasteiger partial charge in [0.2, 0.25) is 0 Å². The fourth-order valence-corrected chi connectivity index (χ4v) is 2.68. The molecule has 1 heterocycles. The number of hydrogen-bond acceptors (Lipinski definition) is 4. The fourth-order valence-electron chi connectivity index (χ4n) is 2.68. The van der Waals surface area contributed by atoms with Gasteiger partial charge in [0.25, 0.3) is 5.69 Å². The van der Waals surface area contributed by atoms with Gasteiger partial charge in [-0.25, -0.2) is 4.39 Å². The third-order valence-electron chi connectivity index (χ3n) is 3.91. The van der Waals surface area contributed by atoms with Gasteiger partial charge in [-0.15, -0.1) is 0 Å². The number of nitro benzene ring substituents is 1. The average Bonchev–Trinajstić information content (AvgIpc) is 2.46. The van der Waals surface area contributed by atoms with Crippen LogP contribution in [0.15, 0.2) is 18.2 Å². The zero-order chi connectivity index (χ0) is 14.7. The van der Waals surface area contributed by atoms with Gasteiger partial charge < -0.3 is 10.2 Å². The van der Waals surface area contributed by atoms with Gasteiger partial charge in [0.05, 0.1) is 11.0 Å². The van der Waals surface area contributed by atoms with Gasteiger partial charge in [-0.2, -0.15) is 0 Å². The Hall–Kier alpha value is -1.69. The summed E-state index contributed by atoms with van der Waals surface area (Å²) in [6.07, 6.45) is 1.85. The predicted octanol–water partition coefficient (Wildman–Crippen LogP) is 2.70. The fraction of sp³-hybridized carbons (Fsp3) is 0.571. The zero-order valence-corrected chi connectivity index (χ0v) is 11.8. The number of benzene rings is 1. The van der Waals surface area contributed by atoms with E-state index in [9.17, 15) is 14.5 Å². The zero-order valence-electron chi connectivity index (χ0n) is 11.8. The Labute approximate surface area is 117 Å². The molecule has 0 saturated carbocycles. The highest BCUT2D eigenvalue weighted by molar-refractivity contribution is 5.64. The summed E-state index contributed by atoms with van der Waals surface area (Å²) in [6, 6.07) is 4.32. The van der Waals surface area contributed by atoms with Crippen molar-refractivity contribution in [3.05, 3.63) is 34.1 Å². The molecule has 1 saturated heterocycles. The van der Waals surface area contributed by atoms with Crippen molar-refractivity contribution >= 4 is 11.4 Å². The molecule has 1 aliphatic rings. The molecular formula is C14H20FN3O2. The standard InChI is InChI=1S/C14H20FN3O2/c1-3-11-9-17(12(4-2)8-16-11)13-6-5-10(15)7-14(13)18(19)20/h5-7,11-12,16H,3-4,8-9H2,1-2H3. The predicted molar refractivity (Wildman–Crippen MR) is 76.6 cm³/mol. The van der Waals surface area contributed by atoms with E-state index in [2.05, 4.69) is 19.2 Å². The normalized spacial score (nSPS) is 22.9. The number of nitrogens with one attached hydrogen (secondary N) is 1. The lowest BCUT2D eigenvalue weighted by molar-refractivity contribution is -0.384. The molecule has 0 amide bonds. The van der Waals surface area contributed by atoms with E-state index < -0.39 is 10.7 Å². The largest absolute Gasteiger partial charge is 0.360 e. The Kier molecular flexibility index (Phi) is 4.54. The summed E-state index contributed by atoms with van der Waals surface area (Å²) in [6.45, 7) is 5.65. The second kappa shape index (κ2) is 6.17. The average molecular weight is 281 g/mol. The van der Waals surface area contributed by atoms with Gasteiger partial charge in [0.15, 0.2) is 0 Å². The van der Waals surface area contributed by atoms with Crippen molar-refractivity contribution in [1.82, 2.24) is 5.32 Å². The molecule has 1 N–H and O–H groups in total. The molecule has 0 aliphatic carbocycles. The number of piperazine rings is 1. The highest BCUT2D eigenvalue weighted by atomic mass is 19.1. The van der Waals surface area contributed by atoms with Crippen LogP contribution in [0.25, 0.3) is 0 Å². The first-order chi connectivity index (χ1) is 9.56. The molecule has 20 heavy (non-hydrogen) atoms. The van der Waals surface area contributed by atoms with Crippen molar-refractivity contribution in [3.8, 4) is 0 Å². The maximum absolute atomic E-state index is 13.3. The lowest BCUT2D eigenvalue weighted by atomic mass is 10.0. The number of halogens is 1. The summed E-state index contributed by atoms with van der Waals surface area (Å²) in [5.41, 5.74) is 0.364. The van der Waals surface area contributed by atoms with E-state index in [4.69, 9.17) is 0 Å². The first kappa shape index (κ1) is 14.7. The Morgan fingerprint density at radius 1 is 1.45 bits per heavy atom. The molecule has 0 radical (unpaired) electrons. The van der Waals surface area contributed by atoms with E-state index in [0.717, 1.165) is 25.5 Å². The van der Waals surface area contributed by atoms with Crippen LogP contribution >= 0.6 is 0 Å². The van der Waals surface area contributed by atoms with Crippen LogP contribution in [0.1, 0.15) is 26.7 Å². The summed E-state index contributed by atoms with van der Waals surface area (Å²) in [5.74, 6) is -0.573. The van der Waals surface area contributed by atoms with Crippen LogP contribution in [-0.4, -0.2) is 30.1 Å². The highest BCUT2D eigenvalue weighted by Gasteiger charge is 2.30. The number of rotatable bonds is 4. The maximum Gasteiger partial charge on any atom is 0.295 e. The van der Waals surface area contributed by atoms with Crippen molar-refractivity contribution in [3.63, 3.8) is 0 Å². The van der Waals surface area contributed by atoms with Gasteiger partial charge in [-0.1, -0.05) is 13.8 Å². The molecule has 110 valence electrons. The first-order valence-corrected chi connectivity index (χ1v) is 7.00. The van der Waals surface area contributed by atoms with Crippen LogP contribution < -0.4 is 10.2 Å². The van der Waals surface area contributed by atoms with E-state index in [-0.39, 0.29) is 11.7 Å². The molecule has 0 bridgehead atoms. The molecule has 2 atom stereocenters. The minimum atomic E-state index is -0.573.